The van der Waals surface area contributed by atoms with Gasteiger partial charge in [0.25, 0.3) is 5.91 Å². The molecule has 1 aliphatic carbocycles. The van der Waals surface area contributed by atoms with Gasteiger partial charge in [0.2, 0.25) is 5.43 Å². The Bertz CT molecular complexity index is 1450. The summed E-state index contributed by atoms with van der Waals surface area (Å²) < 4.78 is 21.9. The highest BCUT2D eigenvalue weighted by atomic mass is 35.5. The average molecular weight is 539 g/mol. The van der Waals surface area contributed by atoms with Gasteiger partial charge in [-0.25, -0.2) is 4.39 Å². The summed E-state index contributed by atoms with van der Waals surface area (Å²) in [5.74, 6) is -1.62. The van der Waals surface area contributed by atoms with Gasteiger partial charge in [0.1, 0.15) is 12.4 Å². The van der Waals surface area contributed by atoms with E-state index in [0.717, 1.165) is 5.56 Å². The van der Waals surface area contributed by atoms with Gasteiger partial charge in [0, 0.05) is 25.7 Å². The number of carbonyl (C=O) groups excluding carboxylic acids is 2. The number of hydrogen-bond donors (Lipinski definition) is 1. The molecule has 1 aromatic heterocycles. The largest absolute Gasteiger partial charge is 0.483 e. The van der Waals surface area contributed by atoms with Crippen molar-refractivity contribution in [3.05, 3.63) is 98.2 Å². The summed E-state index contributed by atoms with van der Waals surface area (Å²) in [6.45, 7) is 2.63. The van der Waals surface area contributed by atoms with Crippen LogP contribution in [0.4, 0.5) is 4.39 Å². The second kappa shape index (κ2) is 10.3. The van der Waals surface area contributed by atoms with E-state index in [1.807, 2.05) is 37.3 Å². The molecule has 38 heavy (non-hydrogen) atoms. The molecule has 3 aromatic rings. The van der Waals surface area contributed by atoms with E-state index in [-0.39, 0.29) is 52.9 Å². The minimum atomic E-state index is -0.669. The predicted molar refractivity (Wildman–Crippen MR) is 140 cm³/mol. The highest BCUT2D eigenvalue weighted by molar-refractivity contribution is 6.30. The zero-order chi connectivity index (χ0) is 27.0. The lowest BCUT2D eigenvalue weighted by molar-refractivity contribution is -0.0745. The van der Waals surface area contributed by atoms with Gasteiger partial charge in [0.15, 0.2) is 17.2 Å². The van der Waals surface area contributed by atoms with E-state index in [0.29, 0.717) is 25.9 Å². The van der Waals surface area contributed by atoms with Crippen molar-refractivity contribution in [3.63, 3.8) is 0 Å². The van der Waals surface area contributed by atoms with Crippen LogP contribution in [0.2, 0.25) is 5.02 Å². The molecule has 1 saturated carbocycles. The molecule has 5 rings (SSSR count). The van der Waals surface area contributed by atoms with Crippen LogP contribution < -0.4 is 10.2 Å². The first kappa shape index (κ1) is 26.1. The first-order chi connectivity index (χ1) is 18.2. The molecule has 1 N–H and O–H groups in total. The molecule has 9 heteroatoms. The molecular formula is C29H28ClFN2O5. The molecule has 0 atom stereocenters. The van der Waals surface area contributed by atoms with E-state index in [4.69, 9.17) is 16.3 Å². The third-order valence-electron chi connectivity index (χ3n) is 7.45. The highest BCUT2D eigenvalue weighted by Gasteiger charge is 2.53. The van der Waals surface area contributed by atoms with Crippen LogP contribution in [0.5, 0.6) is 5.75 Å². The van der Waals surface area contributed by atoms with Crippen LogP contribution in [0.1, 0.15) is 58.2 Å². The number of hydrogen-bond acceptors (Lipinski definition) is 5. The van der Waals surface area contributed by atoms with Gasteiger partial charge in [-0.3, -0.25) is 14.4 Å². The number of rotatable bonds is 8. The second-order valence-corrected chi connectivity index (χ2v) is 10.3. The number of benzene rings is 2. The zero-order valence-corrected chi connectivity index (χ0v) is 21.7. The number of likely N-dealkylation sites (N-methyl/N-ethyl adjacent to an activating group) is 1. The van der Waals surface area contributed by atoms with Crippen LogP contribution in [0.3, 0.4) is 0 Å². The molecule has 1 fully saturated rings. The molecule has 0 bridgehead atoms. The molecule has 1 spiro atoms. The van der Waals surface area contributed by atoms with Gasteiger partial charge in [-0.15, -0.1) is 0 Å². The quantitative estimate of drug-likeness (QED) is 0.429. The lowest BCUT2D eigenvalue weighted by atomic mass is 9.71. The molecule has 2 heterocycles. The summed E-state index contributed by atoms with van der Waals surface area (Å²) >= 11 is 5.87. The molecule has 1 amide bonds. The highest BCUT2D eigenvalue weighted by Crippen LogP contribution is 2.43. The maximum atomic E-state index is 14.4. The Hall–Kier alpha value is -3.49. The molecule has 2 aromatic carbocycles. The van der Waals surface area contributed by atoms with Gasteiger partial charge >= 0.3 is 0 Å². The normalized spacial score (nSPS) is 20.3. The fourth-order valence-corrected chi connectivity index (χ4v) is 5.76. The fraction of sp³-hybridized carbons (Fsp3) is 0.345. The standard InChI is InChI=1S/C29H28ClFN2O5/c1-2-33-28(37)25-27(38-16-18-7-4-3-5-8-18)26(36)21(15-32(25)17-29(33)13-20(34)14-29)23(35)12-11-19-9-6-10-22(30)24(19)31/h3-10,15,20,34H,2,11-14,16-17H2,1H3. The Morgan fingerprint density at radius 1 is 1.16 bits per heavy atom. The van der Waals surface area contributed by atoms with Crippen molar-refractivity contribution in [2.45, 2.75) is 57.4 Å². The Balaban J connectivity index is 1.53. The third-order valence-corrected chi connectivity index (χ3v) is 7.74. The van der Waals surface area contributed by atoms with Crippen LogP contribution in [-0.4, -0.2) is 44.5 Å². The number of aliphatic hydroxyl groups is 1. The van der Waals surface area contributed by atoms with E-state index in [1.54, 1.807) is 21.6 Å². The number of Topliss-reactive ketones (excluding diaryl/α,β-unsaturated/α-hetero) is 1. The topological polar surface area (TPSA) is 88.8 Å². The van der Waals surface area contributed by atoms with Crippen molar-refractivity contribution >= 4 is 23.3 Å². The van der Waals surface area contributed by atoms with E-state index in [9.17, 15) is 23.9 Å². The maximum absolute atomic E-state index is 14.4. The van der Waals surface area contributed by atoms with Gasteiger partial charge in [-0.1, -0.05) is 54.1 Å². The van der Waals surface area contributed by atoms with Gasteiger partial charge < -0.3 is 19.3 Å². The summed E-state index contributed by atoms with van der Waals surface area (Å²) in [4.78, 5) is 42.3. The fourth-order valence-electron chi connectivity index (χ4n) is 5.56. The summed E-state index contributed by atoms with van der Waals surface area (Å²) in [7, 11) is 0. The number of aliphatic hydroxyl groups excluding tert-OH is 1. The van der Waals surface area contributed by atoms with E-state index in [2.05, 4.69) is 0 Å². The monoisotopic (exact) mass is 538 g/mol. The Morgan fingerprint density at radius 3 is 2.58 bits per heavy atom. The molecule has 0 radical (unpaired) electrons. The molecule has 198 valence electrons. The lowest BCUT2D eigenvalue weighted by Crippen LogP contribution is -2.66. The smallest absolute Gasteiger partial charge is 0.275 e. The zero-order valence-electron chi connectivity index (χ0n) is 21.0. The summed E-state index contributed by atoms with van der Waals surface area (Å²) in [5.41, 5.74) is -0.204. The number of amides is 1. The van der Waals surface area contributed by atoms with Crippen molar-refractivity contribution < 1.29 is 23.8 Å². The minimum Gasteiger partial charge on any atom is -0.483 e. The van der Waals surface area contributed by atoms with Crippen LogP contribution in [0.15, 0.2) is 59.5 Å². The van der Waals surface area contributed by atoms with Crippen LogP contribution in [0, 0.1) is 5.82 Å². The molecule has 1 aliphatic heterocycles. The van der Waals surface area contributed by atoms with Crippen LogP contribution in [0.25, 0.3) is 0 Å². The van der Waals surface area contributed by atoms with E-state index in [1.165, 1.54) is 12.3 Å². The molecule has 7 nitrogen and oxygen atoms in total. The second-order valence-electron chi connectivity index (χ2n) is 9.92. The number of halogens is 2. The molecule has 0 unspecified atom stereocenters. The molecule has 0 saturated heterocycles. The van der Waals surface area contributed by atoms with Crippen molar-refractivity contribution in [2.75, 3.05) is 6.54 Å². The van der Waals surface area contributed by atoms with Gasteiger partial charge in [-0.2, -0.15) is 0 Å². The number of nitrogens with zero attached hydrogens (tertiary/aromatic N) is 2. The summed E-state index contributed by atoms with van der Waals surface area (Å²) in [6.07, 6.45) is 1.67. The number of ether oxygens (including phenoxy) is 1. The first-order valence-electron chi connectivity index (χ1n) is 12.6. The minimum absolute atomic E-state index is 0.0348. The maximum Gasteiger partial charge on any atom is 0.275 e. The third kappa shape index (κ3) is 4.63. The lowest BCUT2D eigenvalue weighted by Gasteiger charge is -2.55. The van der Waals surface area contributed by atoms with Crippen molar-refractivity contribution in [3.8, 4) is 5.75 Å². The Labute approximate surface area is 224 Å². The molecule has 2 aliphatic rings. The predicted octanol–water partition coefficient (Wildman–Crippen LogP) is 4.40. The Morgan fingerprint density at radius 2 is 1.89 bits per heavy atom. The van der Waals surface area contributed by atoms with Gasteiger partial charge in [0.05, 0.1) is 22.2 Å². The number of pyridine rings is 1. The van der Waals surface area contributed by atoms with Crippen molar-refractivity contribution in [1.29, 1.82) is 0 Å². The van der Waals surface area contributed by atoms with E-state index < -0.39 is 28.7 Å². The summed E-state index contributed by atoms with van der Waals surface area (Å²) in [5, 5.41) is 10.0. The first-order valence-corrected chi connectivity index (χ1v) is 13.0. The number of aryl methyl sites for hydroxylation is 1. The molecular weight excluding hydrogens is 511 g/mol. The Kier molecular flexibility index (Phi) is 7.11. The van der Waals surface area contributed by atoms with Crippen LogP contribution >= 0.6 is 11.6 Å². The van der Waals surface area contributed by atoms with E-state index >= 15 is 0 Å². The number of carbonyl (C=O) groups is 2. The SMILES string of the molecule is CCN1C(=O)c2c(OCc3ccccc3)c(=O)c(C(=O)CCc3cccc(Cl)c3F)cn2CC12CC(O)C2. The van der Waals surface area contributed by atoms with Gasteiger partial charge in [-0.05, 0) is 43.4 Å². The number of fused-ring (bicyclic) bond motifs is 1. The van der Waals surface area contributed by atoms with Crippen molar-refractivity contribution in [2.24, 2.45) is 0 Å². The summed E-state index contributed by atoms with van der Waals surface area (Å²) in [6, 6.07) is 13.8. The number of ketones is 1. The van der Waals surface area contributed by atoms with Crippen molar-refractivity contribution in [1.82, 2.24) is 9.47 Å². The average Bonchev–Trinajstić information content (AvgIpc) is 2.89. The number of aromatic nitrogens is 1. The van der Waals surface area contributed by atoms with Crippen LogP contribution in [-0.2, 0) is 19.6 Å².